The molecule has 0 aliphatic carbocycles. The van der Waals surface area contributed by atoms with Crippen LogP contribution in [0.15, 0.2) is 59.5 Å². The maximum atomic E-state index is 12.5. The fourth-order valence-electron chi connectivity index (χ4n) is 4.77. The molecule has 2 aliphatic heterocycles. The minimum Gasteiger partial charge on any atom is -0.371 e. The fourth-order valence-corrected chi connectivity index (χ4v) is 5.31. The molecule has 0 atom stereocenters. The highest BCUT2D eigenvalue weighted by molar-refractivity contribution is 8.00. The lowest BCUT2D eigenvalue weighted by molar-refractivity contribution is -0.122. The Balaban J connectivity index is 0.00000361. The number of piperazine rings is 1. The Bertz CT molecular complexity index is 926. The van der Waals surface area contributed by atoms with Crippen molar-refractivity contribution in [1.29, 1.82) is 0 Å². The molecule has 9 heteroatoms. The largest absolute Gasteiger partial charge is 0.446 e. The molecule has 0 bridgehead atoms. The summed E-state index contributed by atoms with van der Waals surface area (Å²) in [7, 11) is 0. The van der Waals surface area contributed by atoms with Gasteiger partial charge < -0.3 is 15.1 Å². The normalized spacial score (nSPS) is 17.5. The number of halogens is 3. The van der Waals surface area contributed by atoms with Gasteiger partial charge in [0, 0.05) is 68.0 Å². The van der Waals surface area contributed by atoms with E-state index in [0.29, 0.717) is 6.42 Å². The molecule has 36 heavy (non-hydrogen) atoms. The van der Waals surface area contributed by atoms with Gasteiger partial charge >= 0.3 is 5.51 Å². The highest BCUT2D eigenvalue weighted by atomic mass is 32.2. The van der Waals surface area contributed by atoms with Crippen molar-refractivity contribution in [3.05, 3.63) is 54.6 Å². The number of hydrogen-bond acceptors (Lipinski definition) is 5. The number of hydrogen-bond donors (Lipinski definition) is 1. The van der Waals surface area contributed by atoms with Crippen LogP contribution in [0.25, 0.3) is 0 Å². The number of benzene rings is 2. The standard InChI is InChI=1S/C26H33F3N4OS.CH4/c27-26(28,29)35-24-10-8-23(9-11-24)32-15-12-21(13-16-32)30-25(34)7-4-14-31-17-19-33(20-18-31)22-5-2-1-3-6-22;/h1-3,5-6,8-11,21H,4,7,12-20H2,(H,30,34);1H4. The first kappa shape index (κ1) is 28.2. The Kier molecular flexibility index (Phi) is 10.4. The van der Waals surface area contributed by atoms with Crippen molar-refractivity contribution in [3.8, 4) is 0 Å². The topological polar surface area (TPSA) is 38.8 Å². The Morgan fingerprint density at radius 2 is 1.44 bits per heavy atom. The number of amides is 1. The van der Waals surface area contributed by atoms with E-state index in [9.17, 15) is 18.0 Å². The molecule has 0 unspecified atom stereocenters. The third kappa shape index (κ3) is 8.62. The summed E-state index contributed by atoms with van der Waals surface area (Å²) in [4.78, 5) is 19.7. The molecule has 5 nitrogen and oxygen atoms in total. The van der Waals surface area contributed by atoms with E-state index in [1.165, 1.54) is 17.8 Å². The van der Waals surface area contributed by atoms with Gasteiger partial charge in [-0.05, 0) is 74.0 Å². The van der Waals surface area contributed by atoms with E-state index in [4.69, 9.17) is 0 Å². The summed E-state index contributed by atoms with van der Waals surface area (Å²) in [6.45, 7) is 6.56. The van der Waals surface area contributed by atoms with E-state index in [2.05, 4.69) is 44.3 Å². The average molecular weight is 523 g/mol. The number of nitrogens with one attached hydrogen (secondary N) is 1. The lowest BCUT2D eigenvalue weighted by Crippen LogP contribution is -2.47. The smallest absolute Gasteiger partial charge is 0.371 e. The van der Waals surface area contributed by atoms with Crippen molar-refractivity contribution in [1.82, 2.24) is 10.2 Å². The van der Waals surface area contributed by atoms with E-state index in [1.54, 1.807) is 12.1 Å². The van der Waals surface area contributed by atoms with Crippen molar-refractivity contribution in [2.45, 2.75) is 49.6 Å². The third-order valence-corrected chi connectivity index (χ3v) is 7.41. The van der Waals surface area contributed by atoms with Gasteiger partial charge in [0.15, 0.2) is 0 Å². The Morgan fingerprint density at radius 3 is 2.06 bits per heavy atom. The van der Waals surface area contributed by atoms with Crippen LogP contribution < -0.4 is 15.1 Å². The van der Waals surface area contributed by atoms with Gasteiger partial charge in [-0.15, -0.1) is 0 Å². The number of carbonyl (C=O) groups excluding carboxylic acids is 1. The first-order chi connectivity index (χ1) is 16.9. The number of nitrogens with zero attached hydrogens (tertiary/aromatic N) is 3. The van der Waals surface area contributed by atoms with Gasteiger partial charge in [-0.2, -0.15) is 13.2 Å². The van der Waals surface area contributed by atoms with Gasteiger partial charge in [0.25, 0.3) is 0 Å². The van der Waals surface area contributed by atoms with Crippen molar-refractivity contribution < 1.29 is 18.0 Å². The molecule has 0 radical (unpaired) electrons. The van der Waals surface area contributed by atoms with Gasteiger partial charge in [0.05, 0.1) is 0 Å². The summed E-state index contributed by atoms with van der Waals surface area (Å²) in [6, 6.07) is 17.2. The SMILES string of the molecule is C.O=C(CCCN1CCN(c2ccccc2)CC1)NC1CCN(c2ccc(SC(F)(F)F)cc2)CC1. The molecule has 1 amide bonds. The summed E-state index contributed by atoms with van der Waals surface area (Å²) >= 11 is -0.0934. The maximum absolute atomic E-state index is 12.5. The number of piperidine rings is 1. The van der Waals surface area contributed by atoms with E-state index >= 15 is 0 Å². The Labute approximate surface area is 217 Å². The van der Waals surface area contributed by atoms with Crippen LogP contribution in [0.2, 0.25) is 0 Å². The highest BCUT2D eigenvalue weighted by Crippen LogP contribution is 2.37. The molecule has 1 N–H and O–H groups in total. The molecule has 0 aromatic heterocycles. The zero-order chi connectivity index (χ0) is 24.7. The summed E-state index contributed by atoms with van der Waals surface area (Å²) in [5.41, 5.74) is -2.07. The minimum absolute atomic E-state index is 0. The first-order valence-electron chi connectivity index (χ1n) is 12.3. The number of thioether (sulfide) groups is 1. The van der Waals surface area contributed by atoms with Crippen LogP contribution in [0.5, 0.6) is 0 Å². The zero-order valence-electron chi connectivity index (χ0n) is 19.8. The second-order valence-electron chi connectivity index (χ2n) is 9.14. The lowest BCUT2D eigenvalue weighted by atomic mass is 10.0. The molecule has 2 fully saturated rings. The molecule has 2 heterocycles. The molecular formula is C27H37F3N4OS. The third-order valence-electron chi connectivity index (χ3n) is 6.67. The number of anilines is 2. The second-order valence-corrected chi connectivity index (χ2v) is 10.3. The van der Waals surface area contributed by atoms with Crippen molar-refractivity contribution in [2.75, 3.05) is 55.6 Å². The van der Waals surface area contributed by atoms with Crippen molar-refractivity contribution in [2.24, 2.45) is 0 Å². The molecule has 4 rings (SSSR count). The van der Waals surface area contributed by atoms with Crippen LogP contribution in [-0.2, 0) is 4.79 Å². The van der Waals surface area contributed by atoms with Gasteiger partial charge in [-0.1, -0.05) is 25.6 Å². The fraction of sp³-hybridized carbons (Fsp3) is 0.519. The number of para-hydroxylation sites is 1. The number of carbonyl (C=O) groups is 1. The van der Waals surface area contributed by atoms with E-state index in [-0.39, 0.29) is 36.0 Å². The van der Waals surface area contributed by atoms with Crippen LogP contribution in [0.4, 0.5) is 24.5 Å². The van der Waals surface area contributed by atoms with Gasteiger partial charge in [0.1, 0.15) is 0 Å². The average Bonchev–Trinajstić information content (AvgIpc) is 2.85. The van der Waals surface area contributed by atoms with E-state index < -0.39 is 5.51 Å². The van der Waals surface area contributed by atoms with Crippen LogP contribution in [0, 0.1) is 0 Å². The van der Waals surface area contributed by atoms with Gasteiger partial charge in [-0.25, -0.2) is 0 Å². The van der Waals surface area contributed by atoms with E-state index in [1.807, 2.05) is 6.07 Å². The summed E-state index contributed by atoms with van der Waals surface area (Å²) in [5, 5.41) is 3.17. The highest BCUT2D eigenvalue weighted by Gasteiger charge is 2.29. The summed E-state index contributed by atoms with van der Waals surface area (Å²) in [6.07, 6.45) is 3.08. The lowest BCUT2D eigenvalue weighted by Gasteiger charge is -2.36. The van der Waals surface area contributed by atoms with Crippen LogP contribution in [-0.4, -0.2) is 68.2 Å². The Hall–Kier alpha value is -2.39. The van der Waals surface area contributed by atoms with Crippen LogP contribution >= 0.6 is 11.8 Å². The molecule has 2 aromatic carbocycles. The van der Waals surface area contributed by atoms with Crippen LogP contribution in [0.3, 0.4) is 0 Å². The molecule has 2 aliphatic rings. The van der Waals surface area contributed by atoms with E-state index in [0.717, 1.165) is 70.8 Å². The predicted molar refractivity (Wildman–Crippen MR) is 143 cm³/mol. The minimum atomic E-state index is -4.27. The summed E-state index contributed by atoms with van der Waals surface area (Å²) < 4.78 is 37.5. The zero-order valence-corrected chi connectivity index (χ0v) is 20.7. The second kappa shape index (κ2) is 13.2. The molecule has 2 saturated heterocycles. The molecule has 2 aromatic rings. The van der Waals surface area contributed by atoms with Crippen molar-refractivity contribution >= 4 is 29.0 Å². The molecule has 0 saturated carbocycles. The maximum Gasteiger partial charge on any atom is 0.446 e. The molecule has 0 spiro atoms. The van der Waals surface area contributed by atoms with Gasteiger partial charge in [-0.3, -0.25) is 9.69 Å². The number of rotatable bonds is 8. The van der Waals surface area contributed by atoms with Crippen LogP contribution in [0.1, 0.15) is 33.1 Å². The molecule has 198 valence electrons. The van der Waals surface area contributed by atoms with Crippen molar-refractivity contribution in [3.63, 3.8) is 0 Å². The summed E-state index contributed by atoms with van der Waals surface area (Å²) in [5.74, 6) is 0.111. The first-order valence-corrected chi connectivity index (χ1v) is 13.1. The number of alkyl halides is 3. The van der Waals surface area contributed by atoms with Gasteiger partial charge in [0.2, 0.25) is 5.91 Å². The Morgan fingerprint density at radius 1 is 0.861 bits per heavy atom. The molecular weight excluding hydrogens is 485 g/mol. The quantitative estimate of drug-likeness (QED) is 0.456. The predicted octanol–water partition coefficient (Wildman–Crippen LogP) is 5.62. The monoisotopic (exact) mass is 522 g/mol.